The topological polar surface area (TPSA) is 62.2 Å². The lowest BCUT2D eigenvalue weighted by molar-refractivity contribution is -0.151. The summed E-state index contributed by atoms with van der Waals surface area (Å²) in [6.07, 6.45) is 3.04. The second-order valence-corrected chi connectivity index (χ2v) is 5.64. The SMILES string of the molecule is Cc1ncsc1CCC1(C(=O)O)CCNCC1. The molecule has 0 saturated carbocycles. The molecule has 2 heterocycles. The van der Waals surface area contributed by atoms with Crippen LogP contribution in [-0.4, -0.2) is 29.1 Å². The summed E-state index contributed by atoms with van der Waals surface area (Å²) in [5.41, 5.74) is 2.35. The van der Waals surface area contributed by atoms with Crippen LogP contribution in [0.2, 0.25) is 0 Å². The van der Waals surface area contributed by atoms with Gasteiger partial charge >= 0.3 is 5.97 Å². The molecule has 1 saturated heterocycles. The summed E-state index contributed by atoms with van der Waals surface area (Å²) < 4.78 is 0. The second kappa shape index (κ2) is 5.14. The maximum absolute atomic E-state index is 11.5. The summed E-state index contributed by atoms with van der Waals surface area (Å²) >= 11 is 1.63. The number of aliphatic carboxylic acids is 1. The molecular formula is C12H18N2O2S. The predicted octanol–water partition coefficient (Wildman–Crippen LogP) is 1.84. The highest BCUT2D eigenvalue weighted by Crippen LogP contribution is 2.35. The van der Waals surface area contributed by atoms with Gasteiger partial charge in [0.2, 0.25) is 0 Å². The van der Waals surface area contributed by atoms with E-state index in [2.05, 4.69) is 10.3 Å². The van der Waals surface area contributed by atoms with Crippen LogP contribution in [0.5, 0.6) is 0 Å². The third kappa shape index (κ3) is 2.66. The lowest BCUT2D eigenvalue weighted by atomic mass is 9.75. The number of aromatic nitrogens is 1. The fraction of sp³-hybridized carbons (Fsp3) is 0.667. The number of carbonyl (C=O) groups is 1. The van der Waals surface area contributed by atoms with Gasteiger partial charge in [-0.25, -0.2) is 4.98 Å². The van der Waals surface area contributed by atoms with E-state index < -0.39 is 11.4 Å². The molecule has 0 aliphatic carbocycles. The number of nitrogens with zero attached hydrogens (tertiary/aromatic N) is 1. The average molecular weight is 254 g/mol. The normalized spacial score (nSPS) is 19.1. The lowest BCUT2D eigenvalue weighted by Crippen LogP contribution is -2.42. The second-order valence-electron chi connectivity index (χ2n) is 4.70. The van der Waals surface area contributed by atoms with Crippen LogP contribution in [0.1, 0.15) is 29.8 Å². The molecule has 0 atom stereocenters. The van der Waals surface area contributed by atoms with E-state index in [-0.39, 0.29) is 0 Å². The predicted molar refractivity (Wildman–Crippen MR) is 67.3 cm³/mol. The number of carboxylic acid groups (broad SMARTS) is 1. The van der Waals surface area contributed by atoms with Crippen molar-refractivity contribution in [1.29, 1.82) is 0 Å². The zero-order chi connectivity index (χ0) is 12.3. The average Bonchev–Trinajstić information content (AvgIpc) is 2.73. The molecule has 1 fully saturated rings. The molecule has 1 aliphatic heterocycles. The van der Waals surface area contributed by atoms with Crippen molar-refractivity contribution < 1.29 is 9.90 Å². The summed E-state index contributed by atoms with van der Waals surface area (Å²) in [6, 6.07) is 0. The number of thiazole rings is 1. The van der Waals surface area contributed by atoms with Crippen LogP contribution >= 0.6 is 11.3 Å². The van der Waals surface area contributed by atoms with Gasteiger partial charge in [0.05, 0.1) is 16.6 Å². The highest BCUT2D eigenvalue weighted by molar-refractivity contribution is 7.09. The Bertz CT molecular complexity index is 397. The van der Waals surface area contributed by atoms with Crippen molar-refractivity contribution in [3.05, 3.63) is 16.1 Å². The van der Waals surface area contributed by atoms with Gasteiger partial charge in [0, 0.05) is 4.88 Å². The quantitative estimate of drug-likeness (QED) is 0.860. The van der Waals surface area contributed by atoms with Crippen LogP contribution in [0.4, 0.5) is 0 Å². The first kappa shape index (κ1) is 12.5. The largest absolute Gasteiger partial charge is 0.481 e. The summed E-state index contributed by atoms with van der Waals surface area (Å²) in [6.45, 7) is 3.61. The highest BCUT2D eigenvalue weighted by Gasteiger charge is 2.39. The smallest absolute Gasteiger partial charge is 0.309 e. The zero-order valence-corrected chi connectivity index (χ0v) is 10.8. The van der Waals surface area contributed by atoms with E-state index in [1.54, 1.807) is 11.3 Å². The summed E-state index contributed by atoms with van der Waals surface area (Å²) in [5, 5.41) is 12.7. The molecule has 17 heavy (non-hydrogen) atoms. The van der Waals surface area contributed by atoms with Gasteiger partial charge in [-0.05, 0) is 45.7 Å². The summed E-state index contributed by atoms with van der Waals surface area (Å²) in [7, 11) is 0. The summed E-state index contributed by atoms with van der Waals surface area (Å²) in [4.78, 5) is 16.9. The fourth-order valence-electron chi connectivity index (χ4n) is 2.40. The molecule has 0 unspecified atom stereocenters. The molecule has 0 aromatic carbocycles. The molecule has 2 N–H and O–H groups in total. The first-order chi connectivity index (χ1) is 8.14. The third-order valence-corrected chi connectivity index (χ3v) is 4.68. The van der Waals surface area contributed by atoms with E-state index in [0.29, 0.717) is 0 Å². The monoisotopic (exact) mass is 254 g/mol. The van der Waals surface area contributed by atoms with Crippen molar-refractivity contribution in [2.24, 2.45) is 5.41 Å². The van der Waals surface area contributed by atoms with Gasteiger partial charge in [-0.15, -0.1) is 11.3 Å². The molecule has 4 nitrogen and oxygen atoms in total. The molecule has 0 spiro atoms. The number of hydrogen-bond donors (Lipinski definition) is 2. The Morgan fingerprint density at radius 3 is 2.82 bits per heavy atom. The Hall–Kier alpha value is -0.940. The Morgan fingerprint density at radius 1 is 1.59 bits per heavy atom. The molecular weight excluding hydrogens is 236 g/mol. The van der Waals surface area contributed by atoms with Crippen LogP contribution in [0.25, 0.3) is 0 Å². The first-order valence-corrected chi connectivity index (χ1v) is 6.85. The molecule has 0 bridgehead atoms. The minimum absolute atomic E-state index is 0.526. The van der Waals surface area contributed by atoms with Gasteiger partial charge in [0.15, 0.2) is 0 Å². The van der Waals surface area contributed by atoms with Gasteiger partial charge in [-0.1, -0.05) is 0 Å². The van der Waals surface area contributed by atoms with Crippen molar-refractivity contribution in [2.45, 2.75) is 32.6 Å². The van der Waals surface area contributed by atoms with E-state index in [1.807, 2.05) is 12.4 Å². The fourth-order valence-corrected chi connectivity index (χ4v) is 3.18. The van der Waals surface area contributed by atoms with Gasteiger partial charge in [0.1, 0.15) is 0 Å². The molecule has 1 aromatic rings. The highest BCUT2D eigenvalue weighted by atomic mass is 32.1. The number of carboxylic acids is 1. The van der Waals surface area contributed by atoms with Crippen molar-refractivity contribution in [3.63, 3.8) is 0 Å². The standard InChI is InChI=1S/C12H18N2O2S/c1-9-10(17-8-14-9)2-3-12(11(15)16)4-6-13-7-5-12/h8,13H,2-7H2,1H3,(H,15,16). The van der Waals surface area contributed by atoms with Gasteiger partial charge in [0.25, 0.3) is 0 Å². The minimum atomic E-state index is -0.638. The van der Waals surface area contributed by atoms with E-state index in [4.69, 9.17) is 0 Å². The van der Waals surface area contributed by atoms with E-state index in [0.717, 1.165) is 44.5 Å². The van der Waals surface area contributed by atoms with Gasteiger partial charge < -0.3 is 10.4 Å². The molecule has 0 amide bonds. The van der Waals surface area contributed by atoms with E-state index in [9.17, 15) is 9.90 Å². The van der Waals surface area contributed by atoms with E-state index >= 15 is 0 Å². The number of rotatable bonds is 4. The summed E-state index contributed by atoms with van der Waals surface area (Å²) in [5.74, 6) is -0.638. The molecule has 1 aliphatic rings. The van der Waals surface area contributed by atoms with Crippen LogP contribution in [-0.2, 0) is 11.2 Å². The van der Waals surface area contributed by atoms with Gasteiger partial charge in [-0.3, -0.25) is 4.79 Å². The van der Waals surface area contributed by atoms with Crippen LogP contribution in [0, 0.1) is 12.3 Å². The van der Waals surface area contributed by atoms with Crippen molar-refractivity contribution >= 4 is 17.3 Å². The van der Waals surface area contributed by atoms with Gasteiger partial charge in [-0.2, -0.15) is 0 Å². The molecule has 0 radical (unpaired) electrons. The Morgan fingerprint density at radius 2 is 2.29 bits per heavy atom. The molecule has 5 heteroatoms. The molecule has 2 rings (SSSR count). The molecule has 94 valence electrons. The Labute approximate surface area is 105 Å². The third-order valence-electron chi connectivity index (χ3n) is 3.69. The minimum Gasteiger partial charge on any atom is -0.481 e. The number of piperidine rings is 1. The lowest BCUT2D eigenvalue weighted by Gasteiger charge is -2.33. The van der Waals surface area contributed by atoms with Crippen LogP contribution in [0.15, 0.2) is 5.51 Å². The maximum Gasteiger partial charge on any atom is 0.309 e. The number of nitrogens with one attached hydrogen (secondary N) is 1. The van der Waals surface area contributed by atoms with Crippen molar-refractivity contribution in [3.8, 4) is 0 Å². The maximum atomic E-state index is 11.5. The first-order valence-electron chi connectivity index (χ1n) is 5.97. The van der Waals surface area contributed by atoms with Crippen LogP contribution < -0.4 is 5.32 Å². The van der Waals surface area contributed by atoms with Crippen molar-refractivity contribution in [2.75, 3.05) is 13.1 Å². The van der Waals surface area contributed by atoms with Crippen LogP contribution in [0.3, 0.4) is 0 Å². The Kier molecular flexibility index (Phi) is 3.79. The zero-order valence-electron chi connectivity index (χ0n) is 10.0. The Balaban J connectivity index is 2.03. The number of hydrogen-bond acceptors (Lipinski definition) is 4. The van der Waals surface area contributed by atoms with E-state index in [1.165, 1.54) is 4.88 Å². The van der Waals surface area contributed by atoms with Crippen molar-refractivity contribution in [1.82, 2.24) is 10.3 Å². The molecule has 1 aromatic heterocycles. The number of aryl methyl sites for hydroxylation is 2.